The van der Waals surface area contributed by atoms with Gasteiger partial charge in [-0.3, -0.25) is 4.79 Å². The molecule has 4 nitrogen and oxygen atoms in total. The first kappa shape index (κ1) is 23.4. The molecule has 1 amide bonds. The van der Waals surface area contributed by atoms with Crippen molar-refractivity contribution < 1.29 is 18.7 Å². The summed E-state index contributed by atoms with van der Waals surface area (Å²) in [6.07, 6.45) is 2.24. The molecule has 1 aliphatic rings. The second kappa shape index (κ2) is 9.88. The Labute approximate surface area is 183 Å². The number of halogens is 2. The van der Waals surface area contributed by atoms with E-state index in [2.05, 4.69) is 48.7 Å². The summed E-state index contributed by atoms with van der Waals surface area (Å²) in [4.78, 5) is 11.7. The molecule has 31 heavy (non-hydrogen) atoms. The molecule has 0 aliphatic heterocycles. The summed E-state index contributed by atoms with van der Waals surface area (Å²) >= 11 is 0. The minimum absolute atomic E-state index is 0.133. The number of benzene rings is 2. The van der Waals surface area contributed by atoms with Gasteiger partial charge in [0, 0.05) is 25.1 Å². The van der Waals surface area contributed by atoms with Crippen molar-refractivity contribution in [2.75, 3.05) is 6.54 Å². The van der Waals surface area contributed by atoms with Crippen LogP contribution in [0.25, 0.3) is 0 Å². The van der Waals surface area contributed by atoms with Crippen LogP contribution in [0.2, 0.25) is 0 Å². The highest BCUT2D eigenvalue weighted by Gasteiger charge is 2.44. The van der Waals surface area contributed by atoms with Gasteiger partial charge in [-0.1, -0.05) is 38.1 Å². The van der Waals surface area contributed by atoms with Gasteiger partial charge in [-0.2, -0.15) is 0 Å². The van der Waals surface area contributed by atoms with Gasteiger partial charge in [-0.25, -0.2) is 8.78 Å². The fourth-order valence-electron chi connectivity index (χ4n) is 4.04. The third kappa shape index (κ3) is 6.11. The molecule has 1 fully saturated rings. The number of amides is 1. The third-order valence-corrected chi connectivity index (χ3v) is 6.25. The van der Waals surface area contributed by atoms with Crippen molar-refractivity contribution in [3.8, 4) is 0 Å². The maximum atomic E-state index is 13.6. The molecule has 0 aromatic heterocycles. The largest absolute Gasteiger partial charge is 0.390 e. The van der Waals surface area contributed by atoms with Crippen molar-refractivity contribution >= 4 is 5.91 Å². The van der Waals surface area contributed by atoms with Crippen molar-refractivity contribution in [3.63, 3.8) is 0 Å². The molecule has 0 bridgehead atoms. The highest BCUT2D eigenvalue weighted by atomic mass is 19.1. The maximum Gasteiger partial charge on any atom is 0.217 e. The predicted octanol–water partition coefficient (Wildman–Crippen LogP) is 4.17. The van der Waals surface area contributed by atoms with Gasteiger partial charge < -0.3 is 15.7 Å². The number of hydrogen-bond donors (Lipinski definition) is 3. The van der Waals surface area contributed by atoms with Gasteiger partial charge in [0.25, 0.3) is 0 Å². The van der Waals surface area contributed by atoms with Gasteiger partial charge in [0.2, 0.25) is 5.91 Å². The van der Waals surface area contributed by atoms with E-state index in [1.165, 1.54) is 30.2 Å². The second-order valence-corrected chi connectivity index (χ2v) is 8.75. The Hall–Kier alpha value is -2.31. The van der Waals surface area contributed by atoms with Crippen LogP contribution in [-0.4, -0.2) is 29.7 Å². The van der Waals surface area contributed by atoms with Crippen LogP contribution in [0, 0.1) is 11.6 Å². The highest BCUT2D eigenvalue weighted by molar-refractivity contribution is 5.73. The molecule has 1 unspecified atom stereocenters. The zero-order chi connectivity index (χ0) is 22.6. The predicted molar refractivity (Wildman–Crippen MR) is 118 cm³/mol. The third-order valence-electron chi connectivity index (χ3n) is 6.25. The van der Waals surface area contributed by atoms with Gasteiger partial charge in [-0.05, 0) is 60.4 Å². The smallest absolute Gasteiger partial charge is 0.217 e. The van der Waals surface area contributed by atoms with Gasteiger partial charge >= 0.3 is 0 Å². The molecule has 0 spiro atoms. The standard InChI is InChI=1S/C25H32F2N2O2/c1-4-16(2)19-6-5-7-20(13-19)25(8-9-25)28-15-24(31)23(29-17(3)30)12-18-10-21(26)14-22(27)11-18/h5-7,10-11,13-14,16,23-24,28,31H,4,8-9,12,15H2,1-3H3,(H,29,30)/t16?,23-,24+/m0/s1. The van der Waals surface area contributed by atoms with Crippen LogP contribution >= 0.6 is 0 Å². The van der Waals surface area contributed by atoms with Crippen molar-refractivity contribution in [3.05, 3.63) is 70.8 Å². The Kier molecular flexibility index (Phi) is 7.44. The van der Waals surface area contributed by atoms with Crippen molar-refractivity contribution in [2.24, 2.45) is 0 Å². The van der Waals surface area contributed by atoms with E-state index < -0.39 is 23.8 Å². The molecular formula is C25H32F2N2O2. The summed E-state index contributed by atoms with van der Waals surface area (Å²) in [6.45, 7) is 6.01. The Balaban J connectivity index is 1.69. The SMILES string of the molecule is CCC(C)c1cccc(C2(NC[C@@H](O)[C@H](Cc3cc(F)cc(F)c3)NC(C)=O)CC2)c1. The Morgan fingerprint density at radius 3 is 2.42 bits per heavy atom. The van der Waals surface area contributed by atoms with E-state index in [9.17, 15) is 18.7 Å². The number of carbonyl (C=O) groups is 1. The lowest BCUT2D eigenvalue weighted by atomic mass is 9.93. The van der Waals surface area contributed by atoms with Crippen LogP contribution < -0.4 is 10.6 Å². The van der Waals surface area contributed by atoms with E-state index in [0.717, 1.165) is 25.3 Å². The molecule has 0 saturated heterocycles. The van der Waals surface area contributed by atoms with Gasteiger partial charge in [-0.15, -0.1) is 0 Å². The average molecular weight is 431 g/mol. The molecule has 0 radical (unpaired) electrons. The van der Waals surface area contributed by atoms with Crippen molar-refractivity contribution in [1.82, 2.24) is 10.6 Å². The first-order chi connectivity index (χ1) is 14.7. The molecule has 168 valence electrons. The number of hydrogen-bond acceptors (Lipinski definition) is 3. The minimum atomic E-state index is -0.912. The molecule has 1 aliphatic carbocycles. The van der Waals surface area contributed by atoms with Gasteiger partial charge in [0.1, 0.15) is 11.6 Å². The van der Waals surface area contributed by atoms with Gasteiger partial charge in [0.15, 0.2) is 0 Å². The van der Waals surface area contributed by atoms with Crippen LogP contribution in [0.15, 0.2) is 42.5 Å². The van der Waals surface area contributed by atoms with E-state index in [1.807, 2.05) is 0 Å². The number of rotatable bonds is 10. The quantitative estimate of drug-likeness (QED) is 0.530. The summed E-state index contributed by atoms with van der Waals surface area (Å²) in [6, 6.07) is 11.2. The lowest BCUT2D eigenvalue weighted by molar-refractivity contribution is -0.120. The van der Waals surface area contributed by atoms with E-state index in [1.54, 1.807) is 0 Å². The Morgan fingerprint density at radius 2 is 1.84 bits per heavy atom. The van der Waals surface area contributed by atoms with Crippen LogP contribution in [0.4, 0.5) is 8.78 Å². The molecule has 6 heteroatoms. The summed E-state index contributed by atoms with van der Waals surface area (Å²) in [5.74, 6) is -1.18. The normalized spacial score (nSPS) is 17.6. The Bertz CT molecular complexity index is 894. The fourth-order valence-corrected chi connectivity index (χ4v) is 4.04. The van der Waals surface area contributed by atoms with E-state index in [0.29, 0.717) is 11.5 Å². The lowest BCUT2D eigenvalue weighted by Crippen LogP contribution is -2.49. The second-order valence-electron chi connectivity index (χ2n) is 8.75. The van der Waals surface area contributed by atoms with Crippen LogP contribution in [0.5, 0.6) is 0 Å². The number of carbonyl (C=O) groups excluding carboxylic acids is 1. The minimum Gasteiger partial charge on any atom is -0.390 e. The molecule has 3 N–H and O–H groups in total. The fraction of sp³-hybridized carbons (Fsp3) is 0.480. The first-order valence-electron chi connectivity index (χ1n) is 11.0. The lowest BCUT2D eigenvalue weighted by Gasteiger charge is -2.27. The molecule has 3 atom stereocenters. The van der Waals surface area contributed by atoms with Crippen molar-refractivity contribution in [1.29, 1.82) is 0 Å². The first-order valence-corrected chi connectivity index (χ1v) is 11.0. The topological polar surface area (TPSA) is 61.4 Å². The van der Waals surface area contributed by atoms with Crippen LogP contribution in [0.3, 0.4) is 0 Å². The van der Waals surface area contributed by atoms with Crippen molar-refractivity contribution in [2.45, 2.75) is 70.1 Å². The average Bonchev–Trinajstić information content (AvgIpc) is 3.51. The zero-order valence-electron chi connectivity index (χ0n) is 18.4. The molecular weight excluding hydrogens is 398 g/mol. The molecule has 3 rings (SSSR count). The summed E-state index contributed by atoms with van der Waals surface area (Å²) in [7, 11) is 0. The molecule has 0 heterocycles. The zero-order valence-corrected chi connectivity index (χ0v) is 18.4. The van der Waals surface area contributed by atoms with Crippen LogP contribution in [-0.2, 0) is 16.8 Å². The molecule has 2 aromatic carbocycles. The molecule has 2 aromatic rings. The summed E-state index contributed by atoms with van der Waals surface area (Å²) in [5.41, 5.74) is 2.73. The number of aliphatic hydroxyl groups is 1. The number of nitrogens with one attached hydrogen (secondary N) is 2. The van der Waals surface area contributed by atoms with E-state index >= 15 is 0 Å². The highest BCUT2D eigenvalue weighted by Crippen LogP contribution is 2.46. The van der Waals surface area contributed by atoms with Gasteiger partial charge in [0.05, 0.1) is 12.1 Å². The summed E-state index contributed by atoms with van der Waals surface area (Å²) in [5, 5.41) is 17.0. The molecule has 1 saturated carbocycles. The summed E-state index contributed by atoms with van der Waals surface area (Å²) < 4.78 is 27.1. The van der Waals surface area contributed by atoms with Crippen LogP contribution in [0.1, 0.15) is 62.6 Å². The Morgan fingerprint density at radius 1 is 1.16 bits per heavy atom. The van der Waals surface area contributed by atoms with E-state index in [-0.39, 0.29) is 24.4 Å². The maximum absolute atomic E-state index is 13.6. The number of aliphatic hydroxyl groups excluding tert-OH is 1. The van der Waals surface area contributed by atoms with E-state index in [4.69, 9.17) is 0 Å². The monoisotopic (exact) mass is 430 g/mol.